The molecular weight excluding hydrogens is 360 g/mol. The van der Waals surface area contributed by atoms with E-state index in [-0.39, 0.29) is 5.91 Å². The molecule has 0 bridgehead atoms. The molecule has 0 unspecified atom stereocenters. The van der Waals surface area contributed by atoms with Gasteiger partial charge in [0.2, 0.25) is 0 Å². The van der Waals surface area contributed by atoms with Gasteiger partial charge in [-0.25, -0.2) is 8.78 Å². The SMILES string of the molecule is CCCCOc1ccc(-c2ccc(C(=O)N3CC(F)(F)C3)cc2)cc1Cl. The van der Waals surface area contributed by atoms with Crippen molar-refractivity contribution in [2.45, 2.75) is 25.7 Å². The van der Waals surface area contributed by atoms with E-state index < -0.39 is 19.0 Å². The molecule has 1 fully saturated rings. The summed E-state index contributed by atoms with van der Waals surface area (Å²) in [5, 5.41) is 0.529. The minimum atomic E-state index is -2.76. The van der Waals surface area contributed by atoms with Gasteiger partial charge in [0.05, 0.1) is 24.7 Å². The van der Waals surface area contributed by atoms with E-state index in [1.54, 1.807) is 24.3 Å². The number of ether oxygens (including phenoxy) is 1. The van der Waals surface area contributed by atoms with Crippen LogP contribution in [0, 0.1) is 0 Å². The van der Waals surface area contributed by atoms with E-state index >= 15 is 0 Å². The molecule has 1 aliphatic heterocycles. The summed E-state index contributed by atoms with van der Waals surface area (Å²) in [6.45, 7) is 1.70. The van der Waals surface area contributed by atoms with E-state index in [1.807, 2.05) is 18.2 Å². The quantitative estimate of drug-likeness (QED) is 0.639. The molecule has 2 aromatic rings. The third kappa shape index (κ3) is 4.15. The lowest BCUT2D eigenvalue weighted by atomic mass is 10.0. The average molecular weight is 380 g/mol. The first kappa shape index (κ1) is 18.6. The zero-order valence-electron chi connectivity index (χ0n) is 14.5. The maximum absolute atomic E-state index is 12.9. The van der Waals surface area contributed by atoms with Crippen LogP contribution in [0.2, 0.25) is 5.02 Å². The molecule has 6 heteroatoms. The van der Waals surface area contributed by atoms with Gasteiger partial charge in [-0.2, -0.15) is 0 Å². The van der Waals surface area contributed by atoms with Gasteiger partial charge in [-0.1, -0.05) is 43.1 Å². The molecule has 0 spiro atoms. The summed E-state index contributed by atoms with van der Waals surface area (Å²) in [5.41, 5.74) is 2.18. The number of likely N-dealkylation sites (tertiary alicyclic amines) is 1. The Bertz CT molecular complexity index is 785. The topological polar surface area (TPSA) is 29.5 Å². The lowest BCUT2D eigenvalue weighted by Crippen LogP contribution is -2.58. The van der Waals surface area contributed by atoms with Crippen molar-refractivity contribution in [2.75, 3.05) is 19.7 Å². The highest BCUT2D eigenvalue weighted by Crippen LogP contribution is 2.32. The van der Waals surface area contributed by atoms with Crippen LogP contribution in [-0.2, 0) is 0 Å². The van der Waals surface area contributed by atoms with Gasteiger partial charge in [0, 0.05) is 5.56 Å². The van der Waals surface area contributed by atoms with Crippen molar-refractivity contribution < 1.29 is 18.3 Å². The van der Waals surface area contributed by atoms with Gasteiger partial charge in [0.1, 0.15) is 5.75 Å². The summed E-state index contributed by atoms with van der Waals surface area (Å²) in [6.07, 6.45) is 2.02. The summed E-state index contributed by atoms with van der Waals surface area (Å²) in [6, 6.07) is 12.4. The highest BCUT2D eigenvalue weighted by atomic mass is 35.5. The number of nitrogens with zero attached hydrogens (tertiary/aromatic N) is 1. The zero-order valence-corrected chi connectivity index (χ0v) is 15.2. The first-order valence-electron chi connectivity index (χ1n) is 8.59. The van der Waals surface area contributed by atoms with Crippen molar-refractivity contribution in [2.24, 2.45) is 0 Å². The standard InChI is InChI=1S/C20H20ClF2NO2/c1-2-3-10-26-18-9-8-16(11-17(18)21)14-4-6-15(7-5-14)19(25)24-12-20(22,23)13-24/h4-9,11H,2-3,10,12-13H2,1H3. The van der Waals surface area contributed by atoms with E-state index in [0.29, 0.717) is 22.9 Å². The molecule has 1 amide bonds. The fraction of sp³-hybridized carbons (Fsp3) is 0.350. The van der Waals surface area contributed by atoms with Gasteiger partial charge in [0.25, 0.3) is 11.8 Å². The molecular formula is C20H20ClF2NO2. The molecule has 0 N–H and O–H groups in total. The van der Waals surface area contributed by atoms with Crippen molar-refractivity contribution >= 4 is 17.5 Å². The van der Waals surface area contributed by atoms with Crippen LogP contribution in [0.3, 0.4) is 0 Å². The molecule has 0 atom stereocenters. The van der Waals surface area contributed by atoms with Crippen molar-refractivity contribution in [3.63, 3.8) is 0 Å². The predicted octanol–water partition coefficient (Wildman–Crippen LogP) is 5.28. The van der Waals surface area contributed by atoms with Crippen LogP contribution < -0.4 is 4.74 Å². The smallest absolute Gasteiger partial charge is 0.282 e. The van der Waals surface area contributed by atoms with Crippen LogP contribution in [-0.4, -0.2) is 36.4 Å². The molecule has 3 rings (SSSR count). The second-order valence-electron chi connectivity index (χ2n) is 6.44. The van der Waals surface area contributed by atoms with Crippen LogP contribution in [0.4, 0.5) is 8.78 Å². The summed E-state index contributed by atoms with van der Waals surface area (Å²) in [4.78, 5) is 13.3. The summed E-state index contributed by atoms with van der Waals surface area (Å²) in [7, 11) is 0. The predicted molar refractivity (Wildman–Crippen MR) is 98.1 cm³/mol. The Morgan fingerprint density at radius 3 is 2.38 bits per heavy atom. The van der Waals surface area contributed by atoms with Crippen LogP contribution in [0.1, 0.15) is 30.1 Å². The van der Waals surface area contributed by atoms with Gasteiger partial charge in [-0.15, -0.1) is 0 Å². The Morgan fingerprint density at radius 1 is 1.15 bits per heavy atom. The second kappa shape index (κ2) is 7.62. The third-order valence-corrected chi connectivity index (χ3v) is 4.58. The van der Waals surface area contributed by atoms with E-state index in [4.69, 9.17) is 16.3 Å². The van der Waals surface area contributed by atoms with E-state index in [2.05, 4.69) is 6.92 Å². The Balaban J connectivity index is 1.68. The Kier molecular flexibility index (Phi) is 5.47. The molecule has 1 saturated heterocycles. The van der Waals surface area contributed by atoms with Crippen molar-refractivity contribution in [1.82, 2.24) is 4.90 Å². The van der Waals surface area contributed by atoms with Gasteiger partial charge in [-0.3, -0.25) is 4.79 Å². The minimum absolute atomic E-state index is 0.375. The number of amides is 1. The van der Waals surface area contributed by atoms with Crippen molar-refractivity contribution in [3.8, 4) is 16.9 Å². The zero-order chi connectivity index (χ0) is 18.7. The number of unbranched alkanes of at least 4 members (excludes halogenated alkanes) is 1. The van der Waals surface area contributed by atoms with Crippen molar-refractivity contribution in [1.29, 1.82) is 0 Å². The highest BCUT2D eigenvalue weighted by molar-refractivity contribution is 6.32. The number of halogens is 3. The number of benzene rings is 2. The Labute approximate surface area is 156 Å². The number of carbonyl (C=O) groups is 1. The third-order valence-electron chi connectivity index (χ3n) is 4.28. The van der Waals surface area contributed by atoms with Crippen LogP contribution >= 0.6 is 11.6 Å². The molecule has 1 aliphatic rings. The van der Waals surface area contributed by atoms with Crippen LogP contribution in [0.25, 0.3) is 11.1 Å². The van der Waals surface area contributed by atoms with Gasteiger partial charge >= 0.3 is 0 Å². The lowest BCUT2D eigenvalue weighted by Gasteiger charge is -2.38. The van der Waals surface area contributed by atoms with Crippen LogP contribution in [0.15, 0.2) is 42.5 Å². The molecule has 1 heterocycles. The summed E-state index contributed by atoms with van der Waals surface area (Å²) < 4.78 is 31.4. The fourth-order valence-corrected chi connectivity index (χ4v) is 3.00. The van der Waals surface area contributed by atoms with Crippen molar-refractivity contribution in [3.05, 3.63) is 53.1 Å². The first-order chi connectivity index (χ1) is 12.4. The average Bonchev–Trinajstić information content (AvgIpc) is 2.60. The Morgan fingerprint density at radius 2 is 1.81 bits per heavy atom. The number of alkyl halides is 2. The van der Waals surface area contributed by atoms with Gasteiger partial charge in [-0.05, 0) is 41.8 Å². The van der Waals surface area contributed by atoms with Gasteiger partial charge < -0.3 is 9.64 Å². The number of hydrogen-bond acceptors (Lipinski definition) is 2. The molecule has 0 aromatic heterocycles. The number of hydrogen-bond donors (Lipinski definition) is 0. The number of rotatable bonds is 6. The normalized spacial score (nSPS) is 15.5. The molecule has 0 radical (unpaired) electrons. The maximum atomic E-state index is 12.9. The molecule has 0 saturated carbocycles. The molecule has 138 valence electrons. The van der Waals surface area contributed by atoms with E-state index in [1.165, 1.54) is 0 Å². The Hall–Kier alpha value is -2.14. The molecule has 3 nitrogen and oxygen atoms in total. The van der Waals surface area contributed by atoms with Crippen LogP contribution in [0.5, 0.6) is 5.75 Å². The molecule has 0 aliphatic carbocycles. The highest BCUT2D eigenvalue weighted by Gasteiger charge is 2.46. The van der Waals surface area contributed by atoms with E-state index in [0.717, 1.165) is 28.9 Å². The second-order valence-corrected chi connectivity index (χ2v) is 6.85. The molecule has 26 heavy (non-hydrogen) atoms. The maximum Gasteiger partial charge on any atom is 0.282 e. The largest absolute Gasteiger partial charge is 0.492 e. The van der Waals surface area contributed by atoms with E-state index in [9.17, 15) is 13.6 Å². The molecule has 2 aromatic carbocycles. The monoisotopic (exact) mass is 379 g/mol. The number of carbonyl (C=O) groups excluding carboxylic acids is 1. The lowest BCUT2D eigenvalue weighted by molar-refractivity contribution is -0.113. The summed E-state index contributed by atoms with van der Waals surface area (Å²) >= 11 is 6.28. The fourth-order valence-electron chi connectivity index (χ4n) is 2.77. The van der Waals surface area contributed by atoms with Gasteiger partial charge in [0.15, 0.2) is 0 Å². The first-order valence-corrected chi connectivity index (χ1v) is 8.97. The minimum Gasteiger partial charge on any atom is -0.492 e. The summed E-state index contributed by atoms with van der Waals surface area (Å²) in [5.74, 6) is -2.48.